The summed E-state index contributed by atoms with van der Waals surface area (Å²) < 4.78 is 15.1. The molecule has 0 bridgehead atoms. The van der Waals surface area contributed by atoms with Gasteiger partial charge in [0.05, 0.1) is 67.3 Å². The van der Waals surface area contributed by atoms with Gasteiger partial charge in [0.1, 0.15) is 0 Å². The smallest absolute Gasteiger partial charge is 0.160 e. The van der Waals surface area contributed by atoms with Gasteiger partial charge in [0, 0.05) is 154 Å². The standard InChI is InChI=1S/C47H30N2S.2C46H29N3S/c1-4-14-31(15-5-1)41-29-35(30-42(48-41)32-16-6-2-7-17-32)33-18-12-19-34(28-33)37-23-13-24-38-39-26-27-44-45(47(39)50-46(37)38)40-22-10-11-25-43(40)49(44)36-20-8-3-9-21-36;1-4-13-31(14-5-1)39-29-40(48-46(47-39)33-15-6-2-7-16-33)32-25-23-30(24-26-32)35-20-12-21-36-37-27-28-42-43(45(37)50-44(35)36)38-19-10-11-22-41(38)49(42)34-17-8-3-9-18-34;1-4-13-31(14-5-1)39-29-40(32-15-6-2-7-16-32)48-46(47-39)33-25-23-30(24-26-33)35-20-12-21-36-37-27-28-42-43(45(37)50-44(35)36)38-19-10-11-22-41(38)49(42)34-17-8-3-9-18-34/h1-30H;2*1-29H. The summed E-state index contributed by atoms with van der Waals surface area (Å²) in [5.74, 6) is 1.44. The number of benzene rings is 21. The molecule has 0 saturated heterocycles. The van der Waals surface area contributed by atoms with E-state index in [-0.39, 0.29) is 0 Å². The maximum absolute atomic E-state index is 5.11. The quantitative estimate of drug-likeness (QED) is 0.102. The van der Waals surface area contributed by atoms with Crippen LogP contribution in [0.5, 0.6) is 0 Å². The normalized spacial score (nSPS) is 11.6. The van der Waals surface area contributed by atoms with Gasteiger partial charge in [-0.05, 0) is 148 Å². The fraction of sp³-hybridized carbons (Fsp3) is 0. The molecular weight excluding hydrogens is 1880 g/mol. The number of hydrogen-bond donors (Lipinski definition) is 0. The molecule has 30 rings (SSSR count). The van der Waals surface area contributed by atoms with Gasteiger partial charge in [-0.2, -0.15) is 0 Å². The molecule has 0 amide bonds. The molecular formula is C139H88N8S3. The Morgan fingerprint density at radius 1 is 0.133 bits per heavy atom. The molecule has 9 heterocycles. The maximum Gasteiger partial charge on any atom is 0.160 e. The summed E-state index contributed by atoms with van der Waals surface area (Å²) in [6, 6.07) is 190. The predicted molar refractivity (Wildman–Crippen MR) is 635 cm³/mol. The third-order valence-electron chi connectivity index (χ3n) is 29.1. The zero-order valence-electron chi connectivity index (χ0n) is 81.1. The van der Waals surface area contributed by atoms with Crippen LogP contribution >= 0.6 is 34.0 Å². The third-order valence-corrected chi connectivity index (χ3v) is 32.9. The molecule has 702 valence electrons. The van der Waals surface area contributed by atoms with Gasteiger partial charge in [-0.25, -0.2) is 24.9 Å². The molecule has 11 heteroatoms. The number of pyridine rings is 1. The Labute approximate surface area is 877 Å². The van der Waals surface area contributed by atoms with Crippen molar-refractivity contribution in [3.8, 4) is 152 Å². The van der Waals surface area contributed by atoms with Crippen LogP contribution in [0, 0.1) is 0 Å². The number of fused-ring (bicyclic) bond motifs is 21. The van der Waals surface area contributed by atoms with Gasteiger partial charge in [0.2, 0.25) is 0 Å². The minimum absolute atomic E-state index is 0.717. The molecule has 0 aliphatic carbocycles. The van der Waals surface area contributed by atoms with Gasteiger partial charge in [-0.3, -0.25) is 0 Å². The van der Waals surface area contributed by atoms with Crippen molar-refractivity contribution in [2.45, 2.75) is 0 Å². The fourth-order valence-corrected chi connectivity index (χ4v) is 26.2. The van der Waals surface area contributed by atoms with E-state index in [1.807, 2.05) is 70.4 Å². The minimum Gasteiger partial charge on any atom is -0.309 e. The van der Waals surface area contributed by atoms with Gasteiger partial charge in [-0.15, -0.1) is 34.0 Å². The summed E-state index contributed by atoms with van der Waals surface area (Å²) in [4.78, 5) is 25.2. The lowest BCUT2D eigenvalue weighted by Crippen LogP contribution is -1.95. The summed E-state index contributed by atoms with van der Waals surface area (Å²) in [6.07, 6.45) is 0. The van der Waals surface area contributed by atoms with Crippen molar-refractivity contribution < 1.29 is 0 Å². The Hall–Kier alpha value is -19.0. The van der Waals surface area contributed by atoms with E-state index >= 15 is 0 Å². The molecule has 0 aliphatic heterocycles. The van der Waals surface area contributed by atoms with E-state index in [1.165, 1.54) is 182 Å². The van der Waals surface area contributed by atoms with Crippen molar-refractivity contribution in [1.82, 2.24) is 38.6 Å². The zero-order chi connectivity index (χ0) is 99.1. The molecule has 21 aromatic carbocycles. The molecule has 0 aliphatic rings. The van der Waals surface area contributed by atoms with Crippen LogP contribution in [0.15, 0.2) is 534 Å². The second-order valence-corrected chi connectivity index (χ2v) is 41.0. The van der Waals surface area contributed by atoms with Crippen LogP contribution in [0.3, 0.4) is 0 Å². The van der Waals surface area contributed by atoms with E-state index in [0.717, 1.165) is 90.1 Å². The van der Waals surface area contributed by atoms with Crippen LogP contribution in [-0.2, 0) is 0 Å². The van der Waals surface area contributed by atoms with E-state index in [2.05, 4.69) is 511 Å². The van der Waals surface area contributed by atoms with Crippen molar-refractivity contribution in [3.63, 3.8) is 0 Å². The second kappa shape index (κ2) is 37.9. The summed E-state index contributed by atoms with van der Waals surface area (Å²) in [5, 5.41) is 15.6. The van der Waals surface area contributed by atoms with Crippen LogP contribution in [-0.4, -0.2) is 38.6 Å². The second-order valence-electron chi connectivity index (χ2n) is 37.9. The summed E-state index contributed by atoms with van der Waals surface area (Å²) in [7, 11) is 0. The van der Waals surface area contributed by atoms with Gasteiger partial charge in [-0.1, -0.05) is 431 Å². The van der Waals surface area contributed by atoms with Crippen LogP contribution in [0.1, 0.15) is 0 Å². The van der Waals surface area contributed by atoms with Gasteiger partial charge in [0.15, 0.2) is 11.6 Å². The Balaban J connectivity index is 0.000000108. The fourth-order valence-electron chi connectivity index (χ4n) is 22.0. The van der Waals surface area contributed by atoms with E-state index in [0.29, 0.717) is 5.82 Å². The largest absolute Gasteiger partial charge is 0.309 e. The minimum atomic E-state index is 0.717. The first kappa shape index (κ1) is 88.7. The Morgan fingerprint density at radius 2 is 0.367 bits per heavy atom. The van der Waals surface area contributed by atoms with E-state index in [4.69, 9.17) is 24.9 Å². The molecule has 0 spiro atoms. The van der Waals surface area contributed by atoms with E-state index < -0.39 is 0 Å². The molecule has 0 N–H and O–H groups in total. The molecule has 30 aromatic rings. The number of aromatic nitrogens is 8. The highest BCUT2D eigenvalue weighted by molar-refractivity contribution is 7.28. The highest BCUT2D eigenvalue weighted by atomic mass is 32.1. The first-order valence-corrected chi connectivity index (χ1v) is 53.1. The number of para-hydroxylation sites is 6. The van der Waals surface area contributed by atoms with Gasteiger partial charge in [0.25, 0.3) is 0 Å². The Morgan fingerprint density at radius 3 is 0.700 bits per heavy atom. The van der Waals surface area contributed by atoms with Gasteiger partial charge >= 0.3 is 0 Å². The molecule has 8 nitrogen and oxygen atoms in total. The number of thiophene rings is 3. The maximum atomic E-state index is 5.11. The lowest BCUT2D eigenvalue weighted by atomic mass is 9.96. The molecule has 0 saturated carbocycles. The molecule has 0 atom stereocenters. The topological polar surface area (TPSA) is 79.2 Å². The molecule has 9 aromatic heterocycles. The summed E-state index contributed by atoms with van der Waals surface area (Å²) >= 11 is 5.71. The third kappa shape index (κ3) is 15.9. The van der Waals surface area contributed by atoms with Crippen LogP contribution in [0.4, 0.5) is 0 Å². The Bertz CT molecular complexity index is 9840. The average Bonchev–Trinajstić information content (AvgIpc) is 1.56. The van der Waals surface area contributed by atoms with Crippen molar-refractivity contribution in [3.05, 3.63) is 534 Å². The van der Waals surface area contributed by atoms with Gasteiger partial charge < -0.3 is 13.7 Å². The summed E-state index contributed by atoms with van der Waals surface area (Å²) in [5.41, 5.74) is 34.6. The number of hydrogen-bond acceptors (Lipinski definition) is 8. The van der Waals surface area contributed by atoms with Crippen molar-refractivity contribution in [2.24, 2.45) is 0 Å². The number of nitrogens with zero attached hydrogens (tertiary/aromatic N) is 8. The Kier molecular flexibility index (Phi) is 22.4. The highest BCUT2D eigenvalue weighted by Crippen LogP contribution is 2.52. The lowest BCUT2D eigenvalue weighted by Gasteiger charge is -2.12. The molecule has 0 fully saturated rings. The molecule has 0 unspecified atom stereocenters. The zero-order valence-corrected chi connectivity index (χ0v) is 83.6. The van der Waals surface area contributed by atoms with Crippen LogP contribution in [0.2, 0.25) is 0 Å². The van der Waals surface area contributed by atoms with Crippen molar-refractivity contribution in [2.75, 3.05) is 0 Å². The van der Waals surface area contributed by atoms with E-state index in [9.17, 15) is 0 Å². The predicted octanol–water partition coefficient (Wildman–Crippen LogP) is 38.4. The molecule has 0 radical (unpaired) electrons. The monoisotopic (exact) mass is 1960 g/mol. The average molecular weight is 1970 g/mol. The van der Waals surface area contributed by atoms with Crippen LogP contribution < -0.4 is 0 Å². The SMILES string of the molecule is c1ccc(-c2cc(-c3ccc(-c4cccc5c4sc4c5ccc5c4c4ccccc4n5-c4ccccc4)cc3)nc(-c3ccccc3)n2)cc1.c1ccc(-c2cc(-c3cccc(-c4cccc5c4sc4c5ccc5c4c4ccccc4n5-c4ccccc4)c3)cc(-c3ccccc3)n2)cc1.c1ccc(-c2cc(-c3ccccc3)nc(-c3ccc(-c4cccc5c4sc4c5ccc5c4c4ccccc4n5-c4ccccc4)cc3)n2)cc1. The highest BCUT2D eigenvalue weighted by Gasteiger charge is 2.26. The van der Waals surface area contributed by atoms with E-state index in [1.54, 1.807) is 0 Å². The first-order valence-electron chi connectivity index (χ1n) is 50.6. The first-order chi connectivity index (χ1) is 74.4. The molecule has 150 heavy (non-hydrogen) atoms. The lowest BCUT2D eigenvalue weighted by molar-refractivity contribution is 1.18. The van der Waals surface area contributed by atoms with Crippen molar-refractivity contribution >= 4 is 160 Å². The summed E-state index contributed by atoms with van der Waals surface area (Å²) in [6.45, 7) is 0. The number of rotatable bonds is 15. The van der Waals surface area contributed by atoms with Crippen LogP contribution in [0.25, 0.3) is 278 Å². The van der Waals surface area contributed by atoms with Crippen molar-refractivity contribution in [1.29, 1.82) is 0 Å².